The van der Waals surface area contributed by atoms with Crippen LogP contribution in [0.25, 0.3) is 11.0 Å². The predicted octanol–water partition coefficient (Wildman–Crippen LogP) is 2.61. The number of ether oxygens (including phenoxy) is 1. The van der Waals surface area contributed by atoms with Gasteiger partial charge in [0, 0.05) is 13.0 Å². The molecule has 0 aliphatic heterocycles. The van der Waals surface area contributed by atoms with Gasteiger partial charge in [0.15, 0.2) is 0 Å². The van der Waals surface area contributed by atoms with Crippen LogP contribution in [0.3, 0.4) is 0 Å². The van der Waals surface area contributed by atoms with Crippen LogP contribution < -0.4 is 10.1 Å². The highest BCUT2D eigenvalue weighted by Crippen LogP contribution is 2.13. The Hall–Kier alpha value is -2.89. The molecule has 0 saturated heterocycles. The molecule has 0 unspecified atom stereocenters. The number of fused-ring (bicyclic) bond motifs is 1. The summed E-state index contributed by atoms with van der Waals surface area (Å²) in [6.45, 7) is 0.470. The number of nitrogens with one attached hydrogen (secondary N) is 2. The number of H-pyrrole nitrogens is 1. The molecule has 0 bridgehead atoms. The van der Waals surface area contributed by atoms with Crippen LogP contribution in [0.4, 0.5) is 4.39 Å². The van der Waals surface area contributed by atoms with Gasteiger partial charge in [0.25, 0.3) is 0 Å². The van der Waals surface area contributed by atoms with Crippen LogP contribution in [0.1, 0.15) is 11.4 Å². The standard InChI is InChI=1S/C18H18FN3O2/c1-24-14-5-2-12(3-6-14)10-18(23)20-9-8-17-21-15-7-4-13(19)11-16(15)22-17/h2-7,11H,8-10H2,1H3,(H,20,23)(H,21,22). The maximum absolute atomic E-state index is 13.1. The number of carbonyl (C=O) groups excluding carboxylic acids is 1. The van der Waals surface area contributed by atoms with Gasteiger partial charge in [-0.1, -0.05) is 12.1 Å². The molecule has 0 atom stereocenters. The van der Waals surface area contributed by atoms with E-state index >= 15 is 0 Å². The summed E-state index contributed by atoms with van der Waals surface area (Å²) in [5, 5.41) is 2.86. The highest BCUT2D eigenvalue weighted by atomic mass is 19.1. The van der Waals surface area contributed by atoms with Gasteiger partial charge in [-0.05, 0) is 35.9 Å². The number of halogens is 1. The predicted molar refractivity (Wildman–Crippen MR) is 89.5 cm³/mol. The number of carbonyl (C=O) groups is 1. The summed E-state index contributed by atoms with van der Waals surface area (Å²) in [5.41, 5.74) is 2.30. The lowest BCUT2D eigenvalue weighted by molar-refractivity contribution is -0.120. The summed E-state index contributed by atoms with van der Waals surface area (Å²) in [6, 6.07) is 11.8. The van der Waals surface area contributed by atoms with E-state index in [1.807, 2.05) is 24.3 Å². The quantitative estimate of drug-likeness (QED) is 0.731. The van der Waals surface area contributed by atoms with E-state index in [1.165, 1.54) is 12.1 Å². The SMILES string of the molecule is COc1ccc(CC(=O)NCCc2nc3ccc(F)cc3[nH]2)cc1. The number of nitrogens with zero attached hydrogens (tertiary/aromatic N) is 1. The topological polar surface area (TPSA) is 67.0 Å². The molecule has 1 amide bonds. The van der Waals surface area contributed by atoms with Crippen LogP contribution in [0.2, 0.25) is 0 Å². The van der Waals surface area contributed by atoms with Crippen LogP contribution >= 0.6 is 0 Å². The van der Waals surface area contributed by atoms with Crippen molar-refractivity contribution in [1.29, 1.82) is 0 Å². The Kier molecular flexibility index (Phi) is 4.74. The molecule has 24 heavy (non-hydrogen) atoms. The van der Waals surface area contributed by atoms with Crippen LogP contribution in [0.5, 0.6) is 5.75 Å². The van der Waals surface area contributed by atoms with E-state index in [4.69, 9.17) is 4.74 Å². The Morgan fingerprint density at radius 2 is 2.04 bits per heavy atom. The van der Waals surface area contributed by atoms with Gasteiger partial charge in [-0.2, -0.15) is 0 Å². The summed E-state index contributed by atoms with van der Waals surface area (Å²) >= 11 is 0. The first-order valence-electron chi connectivity index (χ1n) is 7.68. The minimum Gasteiger partial charge on any atom is -0.497 e. The highest BCUT2D eigenvalue weighted by Gasteiger charge is 2.06. The lowest BCUT2D eigenvalue weighted by Crippen LogP contribution is -2.27. The Labute approximate surface area is 138 Å². The molecule has 2 N–H and O–H groups in total. The summed E-state index contributed by atoms with van der Waals surface area (Å²) in [7, 11) is 1.61. The van der Waals surface area contributed by atoms with E-state index < -0.39 is 0 Å². The number of aromatic amines is 1. The van der Waals surface area contributed by atoms with Crippen LogP contribution in [0.15, 0.2) is 42.5 Å². The molecule has 0 aliphatic rings. The molecule has 1 aromatic heterocycles. The average Bonchev–Trinajstić information content (AvgIpc) is 2.97. The molecule has 3 aromatic rings. The number of hydrogen-bond donors (Lipinski definition) is 2. The van der Waals surface area contributed by atoms with Gasteiger partial charge in [-0.15, -0.1) is 0 Å². The Balaban J connectivity index is 1.50. The lowest BCUT2D eigenvalue weighted by atomic mass is 10.1. The van der Waals surface area contributed by atoms with Gasteiger partial charge in [0.1, 0.15) is 17.4 Å². The molecule has 2 aromatic carbocycles. The molecule has 6 heteroatoms. The summed E-state index contributed by atoms with van der Waals surface area (Å²) in [5.74, 6) is 1.13. The van der Waals surface area contributed by atoms with Gasteiger partial charge >= 0.3 is 0 Å². The van der Waals surface area contributed by atoms with Gasteiger partial charge < -0.3 is 15.0 Å². The van der Waals surface area contributed by atoms with Crippen molar-refractivity contribution in [1.82, 2.24) is 15.3 Å². The number of benzene rings is 2. The molecule has 0 spiro atoms. The third-order valence-electron chi connectivity index (χ3n) is 3.70. The average molecular weight is 327 g/mol. The fraction of sp³-hybridized carbons (Fsp3) is 0.222. The molecule has 3 rings (SSSR count). The number of methoxy groups -OCH3 is 1. The van der Waals surface area contributed by atoms with Crippen molar-refractivity contribution in [3.05, 3.63) is 59.7 Å². The second-order valence-corrected chi connectivity index (χ2v) is 5.47. The molecule has 0 fully saturated rings. The van der Waals surface area contributed by atoms with Crippen LogP contribution in [-0.4, -0.2) is 29.5 Å². The van der Waals surface area contributed by atoms with Crippen molar-refractivity contribution in [3.63, 3.8) is 0 Å². The molecule has 0 radical (unpaired) electrons. The number of amides is 1. The minimum atomic E-state index is -0.300. The number of aromatic nitrogens is 2. The van der Waals surface area contributed by atoms with E-state index in [0.717, 1.165) is 22.7 Å². The minimum absolute atomic E-state index is 0.0534. The normalized spacial score (nSPS) is 10.8. The zero-order chi connectivity index (χ0) is 16.9. The summed E-state index contributed by atoms with van der Waals surface area (Å²) < 4.78 is 18.2. The zero-order valence-corrected chi connectivity index (χ0v) is 13.3. The summed E-state index contributed by atoms with van der Waals surface area (Å²) in [4.78, 5) is 19.4. The van der Waals surface area contributed by atoms with E-state index in [0.29, 0.717) is 24.9 Å². The number of rotatable bonds is 6. The molecule has 5 nitrogen and oxygen atoms in total. The summed E-state index contributed by atoms with van der Waals surface area (Å²) in [6.07, 6.45) is 0.875. The molecule has 0 saturated carbocycles. The van der Waals surface area contributed by atoms with Gasteiger partial charge in [0.2, 0.25) is 5.91 Å². The second kappa shape index (κ2) is 7.12. The van der Waals surface area contributed by atoms with Crippen molar-refractivity contribution in [2.24, 2.45) is 0 Å². The molecule has 1 heterocycles. The second-order valence-electron chi connectivity index (χ2n) is 5.47. The molecule has 124 valence electrons. The van der Waals surface area contributed by atoms with E-state index in [1.54, 1.807) is 13.2 Å². The lowest BCUT2D eigenvalue weighted by Gasteiger charge is -2.05. The van der Waals surface area contributed by atoms with Gasteiger partial charge in [0.05, 0.1) is 24.6 Å². The largest absolute Gasteiger partial charge is 0.497 e. The van der Waals surface area contributed by atoms with E-state index in [2.05, 4.69) is 15.3 Å². The van der Waals surface area contributed by atoms with Crippen LogP contribution in [-0.2, 0) is 17.6 Å². The fourth-order valence-electron chi connectivity index (χ4n) is 2.46. The van der Waals surface area contributed by atoms with Crippen LogP contribution in [0, 0.1) is 5.82 Å². The van der Waals surface area contributed by atoms with Crippen molar-refractivity contribution in [2.45, 2.75) is 12.8 Å². The van der Waals surface area contributed by atoms with E-state index in [-0.39, 0.29) is 11.7 Å². The van der Waals surface area contributed by atoms with Gasteiger partial charge in [-0.3, -0.25) is 4.79 Å². The van der Waals surface area contributed by atoms with Crippen molar-refractivity contribution in [3.8, 4) is 5.75 Å². The molecule has 0 aliphatic carbocycles. The maximum Gasteiger partial charge on any atom is 0.224 e. The Bertz CT molecular complexity index is 843. The molecular weight excluding hydrogens is 309 g/mol. The third kappa shape index (κ3) is 3.90. The zero-order valence-electron chi connectivity index (χ0n) is 13.3. The molecular formula is C18H18FN3O2. The fourth-order valence-corrected chi connectivity index (χ4v) is 2.46. The first kappa shape index (κ1) is 16.0. The number of hydrogen-bond acceptors (Lipinski definition) is 3. The van der Waals surface area contributed by atoms with Crippen molar-refractivity contribution in [2.75, 3.05) is 13.7 Å². The van der Waals surface area contributed by atoms with Crippen molar-refractivity contribution >= 4 is 16.9 Å². The number of imidazole rings is 1. The smallest absolute Gasteiger partial charge is 0.224 e. The first-order valence-corrected chi connectivity index (χ1v) is 7.68. The Morgan fingerprint density at radius 1 is 1.25 bits per heavy atom. The van der Waals surface area contributed by atoms with E-state index in [9.17, 15) is 9.18 Å². The highest BCUT2D eigenvalue weighted by molar-refractivity contribution is 5.78. The van der Waals surface area contributed by atoms with Gasteiger partial charge in [-0.25, -0.2) is 9.37 Å². The third-order valence-corrected chi connectivity index (χ3v) is 3.70. The Morgan fingerprint density at radius 3 is 2.79 bits per heavy atom. The monoisotopic (exact) mass is 327 g/mol. The van der Waals surface area contributed by atoms with Crippen molar-refractivity contribution < 1.29 is 13.9 Å². The maximum atomic E-state index is 13.1. The first-order chi connectivity index (χ1) is 11.6.